The zero-order valence-electron chi connectivity index (χ0n) is 11.8. The third-order valence-corrected chi connectivity index (χ3v) is 4.24. The molecule has 0 spiro atoms. The summed E-state index contributed by atoms with van der Waals surface area (Å²) < 4.78 is 0. The van der Waals surface area contributed by atoms with Gasteiger partial charge in [0.25, 0.3) is 0 Å². The molecule has 1 heterocycles. The van der Waals surface area contributed by atoms with E-state index in [4.69, 9.17) is 4.98 Å². The van der Waals surface area contributed by atoms with Crippen LogP contribution in [0.3, 0.4) is 0 Å². The average molecular weight is 267 g/mol. The third-order valence-electron chi connectivity index (χ3n) is 3.18. The number of aromatic nitrogens is 1. The van der Waals surface area contributed by atoms with E-state index in [1.807, 2.05) is 11.3 Å². The van der Waals surface area contributed by atoms with Crippen molar-refractivity contribution in [2.24, 2.45) is 0 Å². The topological polar surface area (TPSA) is 28.2 Å². The molecule has 0 atom stereocenters. The van der Waals surface area contributed by atoms with Crippen molar-refractivity contribution < 1.29 is 0 Å². The Kier molecular flexibility index (Phi) is 5.15. The molecule has 1 saturated carbocycles. The highest BCUT2D eigenvalue weighted by molar-refractivity contribution is 7.11. The molecule has 0 unspecified atom stereocenters. The van der Waals surface area contributed by atoms with E-state index < -0.39 is 0 Å². The minimum atomic E-state index is 0.764. The molecule has 0 radical (unpaired) electrons. The van der Waals surface area contributed by atoms with Crippen molar-refractivity contribution in [2.75, 3.05) is 20.6 Å². The molecule has 2 rings (SSSR count). The molecule has 1 aromatic rings. The van der Waals surface area contributed by atoms with Crippen LogP contribution in [0.15, 0.2) is 0 Å². The van der Waals surface area contributed by atoms with Crippen molar-refractivity contribution in [3.63, 3.8) is 0 Å². The Bertz CT molecular complexity index is 369. The number of hydrogen-bond acceptors (Lipinski definition) is 4. The van der Waals surface area contributed by atoms with Crippen LogP contribution in [-0.4, -0.2) is 30.5 Å². The maximum atomic E-state index is 4.85. The monoisotopic (exact) mass is 267 g/mol. The second kappa shape index (κ2) is 6.64. The van der Waals surface area contributed by atoms with Gasteiger partial charge in [0.1, 0.15) is 5.01 Å². The van der Waals surface area contributed by atoms with E-state index in [2.05, 4.69) is 31.2 Å². The van der Waals surface area contributed by atoms with Crippen LogP contribution in [0.2, 0.25) is 0 Å². The third kappa shape index (κ3) is 4.04. The van der Waals surface area contributed by atoms with E-state index in [0.717, 1.165) is 25.6 Å². The largest absolute Gasteiger partial charge is 0.312 e. The Morgan fingerprint density at radius 1 is 1.39 bits per heavy atom. The maximum absolute atomic E-state index is 4.85. The molecule has 1 aromatic heterocycles. The average Bonchev–Trinajstić information content (AvgIpc) is 3.08. The second-order valence-corrected chi connectivity index (χ2v) is 6.63. The van der Waals surface area contributed by atoms with Crippen molar-refractivity contribution in [1.29, 1.82) is 0 Å². The summed E-state index contributed by atoms with van der Waals surface area (Å²) in [4.78, 5) is 8.52. The molecule has 4 heteroatoms. The van der Waals surface area contributed by atoms with E-state index in [1.165, 1.54) is 41.3 Å². The van der Waals surface area contributed by atoms with Gasteiger partial charge >= 0.3 is 0 Å². The molecule has 1 fully saturated rings. The lowest BCUT2D eigenvalue weighted by atomic mass is 10.2. The van der Waals surface area contributed by atoms with Crippen molar-refractivity contribution in [1.82, 2.24) is 15.2 Å². The van der Waals surface area contributed by atoms with E-state index in [0.29, 0.717) is 0 Å². The summed E-state index contributed by atoms with van der Waals surface area (Å²) in [6.45, 7) is 5.34. The van der Waals surface area contributed by atoms with Gasteiger partial charge in [-0.2, -0.15) is 0 Å². The fraction of sp³-hybridized carbons (Fsp3) is 0.786. The molecule has 102 valence electrons. The van der Waals surface area contributed by atoms with Crippen LogP contribution in [0, 0.1) is 0 Å². The molecule has 0 amide bonds. The molecule has 0 bridgehead atoms. The normalized spacial score (nSPS) is 15.6. The first-order chi connectivity index (χ1) is 8.70. The maximum Gasteiger partial charge on any atom is 0.107 e. The van der Waals surface area contributed by atoms with Crippen LogP contribution in [0.4, 0.5) is 0 Å². The summed E-state index contributed by atoms with van der Waals surface area (Å²) in [5.41, 5.74) is 1.39. The zero-order chi connectivity index (χ0) is 13.0. The molecule has 0 saturated heterocycles. The molecule has 1 aliphatic rings. The van der Waals surface area contributed by atoms with Crippen LogP contribution in [0.1, 0.15) is 54.1 Å². The summed E-state index contributed by atoms with van der Waals surface area (Å²) in [5, 5.41) is 4.82. The van der Waals surface area contributed by atoms with Gasteiger partial charge < -0.3 is 10.2 Å². The number of hydrogen-bond donors (Lipinski definition) is 1. The lowest BCUT2D eigenvalue weighted by Crippen LogP contribution is -2.14. The number of nitrogens with zero attached hydrogens (tertiary/aromatic N) is 2. The zero-order valence-corrected chi connectivity index (χ0v) is 12.6. The Labute approximate surface area is 115 Å². The molecule has 18 heavy (non-hydrogen) atoms. The molecule has 3 nitrogen and oxygen atoms in total. The van der Waals surface area contributed by atoms with Crippen LogP contribution >= 0.6 is 11.3 Å². The first-order valence-corrected chi connectivity index (χ1v) is 7.86. The fourth-order valence-electron chi connectivity index (χ4n) is 2.06. The van der Waals surface area contributed by atoms with E-state index in [-0.39, 0.29) is 0 Å². The lowest BCUT2D eigenvalue weighted by molar-refractivity contribution is 0.401. The lowest BCUT2D eigenvalue weighted by Gasteiger charge is -2.05. The fourth-order valence-corrected chi connectivity index (χ4v) is 3.30. The Morgan fingerprint density at radius 3 is 2.78 bits per heavy atom. The van der Waals surface area contributed by atoms with Crippen LogP contribution in [0.25, 0.3) is 0 Å². The van der Waals surface area contributed by atoms with Gasteiger partial charge in [-0.1, -0.05) is 13.3 Å². The summed E-state index contributed by atoms with van der Waals surface area (Å²) >= 11 is 1.90. The van der Waals surface area contributed by atoms with Gasteiger partial charge in [0.2, 0.25) is 0 Å². The highest BCUT2D eigenvalue weighted by Crippen LogP contribution is 2.42. The van der Waals surface area contributed by atoms with Gasteiger partial charge in [0.15, 0.2) is 0 Å². The summed E-state index contributed by atoms with van der Waals surface area (Å²) in [5.74, 6) is 0.764. The van der Waals surface area contributed by atoms with E-state index >= 15 is 0 Å². The van der Waals surface area contributed by atoms with Crippen molar-refractivity contribution in [3.8, 4) is 0 Å². The SMILES string of the molecule is CCCCNCc1sc(CN(C)C)nc1C1CC1. The Balaban J connectivity index is 1.95. The Morgan fingerprint density at radius 2 is 2.17 bits per heavy atom. The Hall–Kier alpha value is -0.450. The first kappa shape index (κ1) is 14.0. The molecular formula is C14H25N3S. The molecule has 1 N–H and O–H groups in total. The minimum absolute atomic E-state index is 0.764. The number of unbranched alkanes of at least 4 members (excludes halogenated alkanes) is 1. The minimum Gasteiger partial charge on any atom is -0.312 e. The van der Waals surface area contributed by atoms with Gasteiger partial charge in [-0.15, -0.1) is 11.3 Å². The predicted molar refractivity (Wildman–Crippen MR) is 78.1 cm³/mol. The van der Waals surface area contributed by atoms with E-state index in [9.17, 15) is 0 Å². The highest BCUT2D eigenvalue weighted by Gasteiger charge is 2.29. The summed E-state index contributed by atoms with van der Waals surface area (Å²) in [7, 11) is 4.22. The van der Waals surface area contributed by atoms with Gasteiger partial charge in [0, 0.05) is 23.9 Å². The van der Waals surface area contributed by atoms with Crippen molar-refractivity contribution in [2.45, 2.75) is 51.6 Å². The van der Waals surface area contributed by atoms with Crippen molar-refractivity contribution in [3.05, 3.63) is 15.6 Å². The predicted octanol–water partition coefficient (Wildman–Crippen LogP) is 2.97. The summed E-state index contributed by atoms with van der Waals surface area (Å²) in [6, 6.07) is 0. The quantitative estimate of drug-likeness (QED) is 0.734. The number of rotatable bonds is 8. The molecular weight excluding hydrogens is 242 g/mol. The van der Waals surface area contributed by atoms with Crippen LogP contribution in [-0.2, 0) is 13.1 Å². The molecule has 0 aromatic carbocycles. The first-order valence-electron chi connectivity index (χ1n) is 7.04. The van der Waals surface area contributed by atoms with Gasteiger partial charge in [-0.3, -0.25) is 0 Å². The van der Waals surface area contributed by atoms with E-state index in [1.54, 1.807) is 0 Å². The highest BCUT2D eigenvalue weighted by atomic mass is 32.1. The van der Waals surface area contributed by atoms with Crippen molar-refractivity contribution >= 4 is 11.3 Å². The summed E-state index contributed by atoms with van der Waals surface area (Å²) in [6.07, 6.45) is 5.21. The standard InChI is InChI=1S/C14H25N3S/c1-4-5-8-15-9-12-14(11-6-7-11)16-13(18-12)10-17(2)3/h11,15H,4-10H2,1-3H3. The molecule has 0 aliphatic heterocycles. The van der Waals surface area contributed by atoms with Crippen LogP contribution in [0.5, 0.6) is 0 Å². The molecule has 1 aliphatic carbocycles. The number of thiazole rings is 1. The van der Waals surface area contributed by atoms with Gasteiger partial charge in [0.05, 0.1) is 5.69 Å². The second-order valence-electron chi connectivity index (χ2n) is 5.46. The van der Waals surface area contributed by atoms with Gasteiger partial charge in [-0.05, 0) is 39.9 Å². The smallest absolute Gasteiger partial charge is 0.107 e. The van der Waals surface area contributed by atoms with Crippen LogP contribution < -0.4 is 5.32 Å². The van der Waals surface area contributed by atoms with Gasteiger partial charge in [-0.25, -0.2) is 4.98 Å². The number of nitrogens with one attached hydrogen (secondary N) is 1.